The highest BCUT2D eigenvalue weighted by atomic mass is 16.5. The standard InChI is InChI=1S/C13H26N2O2/c1-10(2)15-6-5-12(9-15)8-14-11(3)7-13(16)17-4/h10-12,14H,5-9H2,1-4H3. The van der Waals surface area contributed by atoms with Crippen molar-refractivity contribution in [1.29, 1.82) is 0 Å². The van der Waals surface area contributed by atoms with Crippen molar-refractivity contribution in [2.24, 2.45) is 5.92 Å². The Morgan fingerprint density at radius 3 is 2.71 bits per heavy atom. The van der Waals surface area contributed by atoms with Crippen molar-refractivity contribution in [2.75, 3.05) is 26.7 Å². The van der Waals surface area contributed by atoms with Gasteiger partial charge in [-0.05, 0) is 46.2 Å². The predicted octanol–water partition coefficient (Wildman–Crippen LogP) is 1.26. The van der Waals surface area contributed by atoms with Crippen LogP contribution in [0.2, 0.25) is 0 Å². The molecular formula is C13H26N2O2. The van der Waals surface area contributed by atoms with Crippen LogP contribution in [0.4, 0.5) is 0 Å². The van der Waals surface area contributed by atoms with Crippen molar-refractivity contribution >= 4 is 5.97 Å². The zero-order chi connectivity index (χ0) is 12.8. The van der Waals surface area contributed by atoms with Crippen LogP contribution in [0.3, 0.4) is 0 Å². The van der Waals surface area contributed by atoms with Crippen molar-refractivity contribution in [2.45, 2.75) is 45.7 Å². The summed E-state index contributed by atoms with van der Waals surface area (Å²) in [6.45, 7) is 9.91. The molecule has 17 heavy (non-hydrogen) atoms. The Morgan fingerprint density at radius 1 is 1.47 bits per heavy atom. The molecule has 1 aliphatic heterocycles. The van der Waals surface area contributed by atoms with Crippen LogP contribution in [0.1, 0.15) is 33.6 Å². The molecule has 0 aromatic rings. The predicted molar refractivity (Wildman–Crippen MR) is 68.9 cm³/mol. The molecule has 4 heteroatoms. The molecule has 0 spiro atoms. The number of esters is 1. The number of hydrogen-bond acceptors (Lipinski definition) is 4. The van der Waals surface area contributed by atoms with E-state index in [2.05, 4.69) is 28.8 Å². The summed E-state index contributed by atoms with van der Waals surface area (Å²) >= 11 is 0. The van der Waals surface area contributed by atoms with Gasteiger partial charge in [-0.3, -0.25) is 4.79 Å². The maximum atomic E-state index is 11.1. The first-order valence-electron chi connectivity index (χ1n) is 6.57. The van der Waals surface area contributed by atoms with E-state index in [-0.39, 0.29) is 12.0 Å². The van der Waals surface area contributed by atoms with Gasteiger partial charge in [-0.1, -0.05) is 0 Å². The topological polar surface area (TPSA) is 41.6 Å². The van der Waals surface area contributed by atoms with E-state index < -0.39 is 0 Å². The van der Waals surface area contributed by atoms with Crippen molar-refractivity contribution in [3.8, 4) is 0 Å². The third kappa shape index (κ3) is 5.04. The highest BCUT2D eigenvalue weighted by molar-refractivity contribution is 5.69. The molecule has 0 aromatic heterocycles. The fraction of sp³-hybridized carbons (Fsp3) is 0.923. The van der Waals surface area contributed by atoms with E-state index in [1.165, 1.54) is 26.6 Å². The fourth-order valence-electron chi connectivity index (χ4n) is 2.27. The maximum absolute atomic E-state index is 11.1. The van der Waals surface area contributed by atoms with Crippen LogP contribution in [-0.2, 0) is 9.53 Å². The second kappa shape index (κ2) is 6.97. The van der Waals surface area contributed by atoms with Crippen LogP contribution in [0.25, 0.3) is 0 Å². The molecule has 0 aromatic carbocycles. The molecule has 0 saturated carbocycles. The van der Waals surface area contributed by atoms with Gasteiger partial charge in [0.05, 0.1) is 13.5 Å². The Kier molecular flexibility index (Phi) is 5.92. The number of methoxy groups -OCH3 is 1. The Hall–Kier alpha value is -0.610. The molecule has 0 amide bonds. The van der Waals surface area contributed by atoms with E-state index in [4.69, 9.17) is 0 Å². The van der Waals surface area contributed by atoms with E-state index in [1.807, 2.05) is 6.92 Å². The molecule has 2 unspecified atom stereocenters. The average molecular weight is 242 g/mol. The zero-order valence-electron chi connectivity index (χ0n) is 11.5. The lowest BCUT2D eigenvalue weighted by atomic mass is 10.1. The molecular weight excluding hydrogens is 216 g/mol. The van der Waals surface area contributed by atoms with Gasteiger partial charge in [0, 0.05) is 18.6 Å². The van der Waals surface area contributed by atoms with Gasteiger partial charge < -0.3 is 15.0 Å². The van der Waals surface area contributed by atoms with Gasteiger partial charge in [0.15, 0.2) is 0 Å². The third-order valence-corrected chi connectivity index (χ3v) is 3.50. The molecule has 2 atom stereocenters. The van der Waals surface area contributed by atoms with Gasteiger partial charge in [0.1, 0.15) is 0 Å². The van der Waals surface area contributed by atoms with E-state index in [0.29, 0.717) is 12.5 Å². The summed E-state index contributed by atoms with van der Waals surface area (Å²) in [5, 5.41) is 3.42. The molecule has 1 N–H and O–H groups in total. The molecule has 4 nitrogen and oxygen atoms in total. The normalized spacial score (nSPS) is 23.0. The van der Waals surface area contributed by atoms with Crippen LogP contribution >= 0.6 is 0 Å². The van der Waals surface area contributed by atoms with Crippen LogP contribution in [0, 0.1) is 5.92 Å². The summed E-state index contributed by atoms with van der Waals surface area (Å²) in [4.78, 5) is 13.6. The summed E-state index contributed by atoms with van der Waals surface area (Å²) < 4.78 is 4.65. The molecule has 0 bridgehead atoms. The maximum Gasteiger partial charge on any atom is 0.307 e. The molecule has 0 aliphatic carbocycles. The lowest BCUT2D eigenvalue weighted by molar-refractivity contribution is -0.141. The second-order valence-electron chi connectivity index (χ2n) is 5.33. The van der Waals surface area contributed by atoms with Gasteiger partial charge in [0.2, 0.25) is 0 Å². The summed E-state index contributed by atoms with van der Waals surface area (Å²) in [5.41, 5.74) is 0. The first kappa shape index (κ1) is 14.5. The lowest BCUT2D eigenvalue weighted by Crippen LogP contribution is -2.35. The second-order valence-corrected chi connectivity index (χ2v) is 5.33. The number of carbonyl (C=O) groups excluding carboxylic acids is 1. The number of hydrogen-bond donors (Lipinski definition) is 1. The summed E-state index contributed by atoms with van der Waals surface area (Å²) in [6.07, 6.45) is 1.72. The third-order valence-electron chi connectivity index (χ3n) is 3.50. The lowest BCUT2D eigenvalue weighted by Gasteiger charge is -2.21. The summed E-state index contributed by atoms with van der Waals surface area (Å²) in [7, 11) is 1.44. The van der Waals surface area contributed by atoms with Gasteiger partial charge in [0.25, 0.3) is 0 Å². The van der Waals surface area contributed by atoms with Crippen LogP contribution in [-0.4, -0.2) is 49.7 Å². The highest BCUT2D eigenvalue weighted by Gasteiger charge is 2.24. The summed E-state index contributed by atoms with van der Waals surface area (Å²) in [6, 6.07) is 0.850. The van der Waals surface area contributed by atoms with E-state index in [1.54, 1.807) is 0 Å². The van der Waals surface area contributed by atoms with Crippen LogP contribution in [0.15, 0.2) is 0 Å². The minimum absolute atomic E-state index is 0.139. The zero-order valence-corrected chi connectivity index (χ0v) is 11.5. The van der Waals surface area contributed by atoms with Crippen molar-refractivity contribution in [3.05, 3.63) is 0 Å². The molecule has 0 radical (unpaired) electrons. The van der Waals surface area contributed by atoms with Gasteiger partial charge in [-0.25, -0.2) is 0 Å². The molecule has 1 aliphatic rings. The molecule has 1 heterocycles. The Bertz CT molecular complexity index is 244. The number of nitrogens with zero attached hydrogens (tertiary/aromatic N) is 1. The van der Waals surface area contributed by atoms with Gasteiger partial charge in [-0.15, -0.1) is 0 Å². The highest BCUT2D eigenvalue weighted by Crippen LogP contribution is 2.17. The molecule has 1 rings (SSSR count). The number of nitrogens with one attached hydrogen (secondary N) is 1. The van der Waals surface area contributed by atoms with E-state index in [0.717, 1.165) is 12.5 Å². The smallest absolute Gasteiger partial charge is 0.307 e. The largest absolute Gasteiger partial charge is 0.469 e. The first-order chi connectivity index (χ1) is 8.02. The SMILES string of the molecule is COC(=O)CC(C)NCC1CCN(C(C)C)C1. The number of ether oxygens (including phenoxy) is 1. The fourth-order valence-corrected chi connectivity index (χ4v) is 2.27. The van der Waals surface area contributed by atoms with Crippen molar-refractivity contribution in [3.63, 3.8) is 0 Å². The average Bonchev–Trinajstić information content (AvgIpc) is 2.75. The Morgan fingerprint density at radius 2 is 2.18 bits per heavy atom. The number of likely N-dealkylation sites (tertiary alicyclic amines) is 1. The Labute approximate surface area is 105 Å². The van der Waals surface area contributed by atoms with Crippen molar-refractivity contribution in [1.82, 2.24) is 10.2 Å². The minimum atomic E-state index is -0.139. The minimum Gasteiger partial charge on any atom is -0.469 e. The molecule has 100 valence electrons. The summed E-state index contributed by atoms with van der Waals surface area (Å²) in [5.74, 6) is 0.581. The van der Waals surface area contributed by atoms with Crippen LogP contribution in [0.5, 0.6) is 0 Å². The van der Waals surface area contributed by atoms with Crippen molar-refractivity contribution < 1.29 is 9.53 Å². The van der Waals surface area contributed by atoms with E-state index in [9.17, 15) is 4.79 Å². The quantitative estimate of drug-likeness (QED) is 0.712. The number of carbonyl (C=O) groups is 1. The van der Waals surface area contributed by atoms with Gasteiger partial charge >= 0.3 is 5.97 Å². The van der Waals surface area contributed by atoms with E-state index >= 15 is 0 Å². The first-order valence-corrected chi connectivity index (χ1v) is 6.57. The number of rotatable bonds is 6. The molecule has 1 saturated heterocycles. The molecule has 1 fully saturated rings. The monoisotopic (exact) mass is 242 g/mol. The van der Waals surface area contributed by atoms with Gasteiger partial charge in [-0.2, -0.15) is 0 Å². The van der Waals surface area contributed by atoms with Crippen LogP contribution < -0.4 is 5.32 Å². The Balaban J connectivity index is 2.17.